The van der Waals surface area contributed by atoms with Gasteiger partial charge in [0.15, 0.2) is 23.1 Å². The Morgan fingerprint density at radius 3 is 3.03 bits per heavy atom. The number of nitrogens with one attached hydrogen (secondary N) is 1. The molecule has 2 fully saturated rings. The number of hydrogen-bond donors (Lipinski definition) is 3. The van der Waals surface area contributed by atoms with E-state index in [-0.39, 0.29) is 23.7 Å². The molecule has 0 spiro atoms. The zero-order chi connectivity index (χ0) is 20.3. The standard InChI is InChI=1S/C20H19ClFN5OS/c1-2-13-16-15(4-3-5-20(13,16)28)25-18-14(22)8-23-17(26-18)12-9-27(29)19-11(12)6-10(21)7-24-19/h2,6-9,13,15-16,28-29H,1,3-5H2,(H,23,25,26). The molecule has 0 aromatic carbocycles. The van der Waals surface area contributed by atoms with Crippen molar-refractivity contribution in [2.24, 2.45) is 11.8 Å². The smallest absolute Gasteiger partial charge is 0.183 e. The number of rotatable bonds is 4. The third-order valence-corrected chi connectivity index (χ3v) is 6.62. The number of anilines is 1. The van der Waals surface area contributed by atoms with Crippen molar-refractivity contribution in [3.63, 3.8) is 0 Å². The molecular weight excluding hydrogens is 413 g/mol. The van der Waals surface area contributed by atoms with Crippen molar-refractivity contribution in [3.05, 3.63) is 48.2 Å². The zero-order valence-electron chi connectivity index (χ0n) is 15.4. The van der Waals surface area contributed by atoms with Gasteiger partial charge in [0.05, 0.1) is 16.8 Å². The highest BCUT2D eigenvalue weighted by Crippen LogP contribution is 2.60. The van der Waals surface area contributed by atoms with Crippen molar-refractivity contribution in [1.82, 2.24) is 18.9 Å². The molecule has 2 aliphatic carbocycles. The van der Waals surface area contributed by atoms with E-state index in [1.54, 1.807) is 22.3 Å². The molecule has 9 heteroatoms. The van der Waals surface area contributed by atoms with E-state index < -0.39 is 11.4 Å². The number of aliphatic hydroxyl groups is 1. The Morgan fingerprint density at radius 2 is 2.24 bits per heavy atom. The van der Waals surface area contributed by atoms with Gasteiger partial charge in [-0.05, 0) is 25.3 Å². The first-order chi connectivity index (χ1) is 13.9. The van der Waals surface area contributed by atoms with Gasteiger partial charge in [0.25, 0.3) is 0 Å². The summed E-state index contributed by atoms with van der Waals surface area (Å²) in [5, 5.41) is 15.1. The summed E-state index contributed by atoms with van der Waals surface area (Å²) < 4.78 is 16.1. The number of halogens is 2. The number of thiol groups is 1. The highest BCUT2D eigenvalue weighted by Gasteiger charge is 2.66. The van der Waals surface area contributed by atoms with Gasteiger partial charge in [-0.2, -0.15) is 0 Å². The van der Waals surface area contributed by atoms with Gasteiger partial charge in [0.1, 0.15) is 0 Å². The van der Waals surface area contributed by atoms with E-state index >= 15 is 0 Å². The van der Waals surface area contributed by atoms with Crippen LogP contribution in [0.4, 0.5) is 10.2 Å². The topological polar surface area (TPSA) is 75.9 Å². The molecule has 0 amide bonds. The second-order valence-electron chi connectivity index (χ2n) is 7.72. The van der Waals surface area contributed by atoms with E-state index in [4.69, 9.17) is 11.6 Å². The van der Waals surface area contributed by atoms with E-state index in [1.807, 2.05) is 0 Å². The lowest BCUT2D eigenvalue weighted by Gasteiger charge is -2.26. The van der Waals surface area contributed by atoms with Crippen molar-refractivity contribution in [2.75, 3.05) is 5.32 Å². The Hall–Kier alpha value is -2.16. The molecule has 5 rings (SSSR count). The van der Waals surface area contributed by atoms with Crippen LogP contribution < -0.4 is 5.32 Å². The van der Waals surface area contributed by atoms with E-state index in [0.29, 0.717) is 22.1 Å². The molecule has 0 bridgehead atoms. The molecule has 0 aliphatic heterocycles. The summed E-state index contributed by atoms with van der Waals surface area (Å²) in [6, 6.07) is 1.68. The maximum atomic E-state index is 14.5. The first kappa shape index (κ1) is 18.8. The van der Waals surface area contributed by atoms with Crippen LogP contribution >= 0.6 is 24.4 Å². The minimum Gasteiger partial charge on any atom is -0.389 e. The molecule has 2 saturated carbocycles. The fraction of sp³-hybridized carbons (Fsp3) is 0.350. The lowest BCUT2D eigenvalue weighted by atomic mass is 9.93. The zero-order valence-corrected chi connectivity index (χ0v) is 17.0. The molecule has 3 heterocycles. The second-order valence-corrected chi connectivity index (χ2v) is 8.59. The van der Waals surface area contributed by atoms with Crippen LogP contribution in [0.2, 0.25) is 5.02 Å². The molecule has 4 atom stereocenters. The molecule has 0 radical (unpaired) electrons. The van der Waals surface area contributed by atoms with Gasteiger partial charge in [0.2, 0.25) is 0 Å². The van der Waals surface area contributed by atoms with Crippen LogP contribution in [0.15, 0.2) is 37.3 Å². The Morgan fingerprint density at radius 1 is 1.41 bits per heavy atom. The molecule has 2 N–H and O–H groups in total. The number of fused-ring (bicyclic) bond motifs is 2. The van der Waals surface area contributed by atoms with Crippen LogP contribution in [0, 0.1) is 17.7 Å². The van der Waals surface area contributed by atoms with Crippen molar-refractivity contribution in [2.45, 2.75) is 30.9 Å². The average Bonchev–Trinajstić information content (AvgIpc) is 3.20. The molecule has 4 unspecified atom stereocenters. The predicted octanol–water partition coefficient (Wildman–Crippen LogP) is 4.11. The van der Waals surface area contributed by atoms with Crippen LogP contribution in [0.25, 0.3) is 22.4 Å². The van der Waals surface area contributed by atoms with Gasteiger partial charge < -0.3 is 10.4 Å². The van der Waals surface area contributed by atoms with Gasteiger partial charge in [0, 0.05) is 41.2 Å². The largest absolute Gasteiger partial charge is 0.389 e. The molecule has 6 nitrogen and oxygen atoms in total. The molecule has 29 heavy (non-hydrogen) atoms. The molecular formula is C20H19ClFN5OS. The summed E-state index contributed by atoms with van der Waals surface area (Å²) in [7, 11) is 0. The van der Waals surface area contributed by atoms with Gasteiger partial charge in [-0.15, -0.1) is 6.58 Å². The fourth-order valence-electron chi connectivity index (χ4n) is 4.73. The average molecular weight is 432 g/mol. The SMILES string of the molecule is C=CC1C2C(Nc3nc(-c4cn(S)c5ncc(Cl)cc45)ncc3F)CCCC12O. The fourth-order valence-corrected chi connectivity index (χ4v) is 5.16. The Kier molecular flexibility index (Phi) is 4.34. The maximum Gasteiger partial charge on any atom is 0.183 e. The van der Waals surface area contributed by atoms with E-state index in [2.05, 4.69) is 39.7 Å². The molecule has 3 aromatic heterocycles. The van der Waals surface area contributed by atoms with Crippen LogP contribution in [0.3, 0.4) is 0 Å². The summed E-state index contributed by atoms with van der Waals surface area (Å²) in [4.78, 5) is 12.9. The normalized spacial score (nSPS) is 28.2. The van der Waals surface area contributed by atoms with Gasteiger partial charge >= 0.3 is 0 Å². The van der Waals surface area contributed by atoms with Crippen LogP contribution in [-0.2, 0) is 0 Å². The Balaban J connectivity index is 1.50. The van der Waals surface area contributed by atoms with E-state index in [9.17, 15) is 9.50 Å². The van der Waals surface area contributed by atoms with Crippen LogP contribution in [0.1, 0.15) is 19.3 Å². The quantitative estimate of drug-likeness (QED) is 0.428. The number of aromatic nitrogens is 4. The third kappa shape index (κ3) is 2.93. The summed E-state index contributed by atoms with van der Waals surface area (Å²) in [6.45, 7) is 3.83. The predicted molar refractivity (Wildman–Crippen MR) is 113 cm³/mol. The monoisotopic (exact) mass is 431 g/mol. The summed E-state index contributed by atoms with van der Waals surface area (Å²) in [5.74, 6) is -0.0208. The third-order valence-electron chi connectivity index (χ3n) is 6.11. The second kappa shape index (κ2) is 6.68. The van der Waals surface area contributed by atoms with Crippen molar-refractivity contribution < 1.29 is 9.50 Å². The first-order valence-electron chi connectivity index (χ1n) is 9.42. The van der Waals surface area contributed by atoms with Crippen LogP contribution in [-0.4, -0.2) is 35.7 Å². The van der Waals surface area contributed by atoms with E-state index in [0.717, 1.165) is 30.8 Å². The highest BCUT2D eigenvalue weighted by atomic mass is 35.5. The summed E-state index contributed by atoms with van der Waals surface area (Å²) in [6.07, 6.45) is 8.66. The number of hydrogen-bond acceptors (Lipinski definition) is 6. The minimum absolute atomic E-state index is 0.0222. The highest BCUT2D eigenvalue weighted by molar-refractivity contribution is 7.78. The number of pyridine rings is 1. The van der Waals surface area contributed by atoms with Crippen molar-refractivity contribution in [1.29, 1.82) is 0 Å². The molecule has 0 saturated heterocycles. The van der Waals surface area contributed by atoms with Gasteiger partial charge in [-0.25, -0.2) is 19.3 Å². The van der Waals surface area contributed by atoms with Crippen molar-refractivity contribution in [3.8, 4) is 11.4 Å². The van der Waals surface area contributed by atoms with E-state index in [1.165, 1.54) is 6.20 Å². The van der Waals surface area contributed by atoms with Gasteiger partial charge in [-0.1, -0.05) is 30.5 Å². The molecule has 150 valence electrons. The first-order valence-corrected chi connectivity index (χ1v) is 10.2. The lowest BCUT2D eigenvalue weighted by Crippen LogP contribution is -2.32. The summed E-state index contributed by atoms with van der Waals surface area (Å²) >= 11 is 10.5. The lowest BCUT2D eigenvalue weighted by molar-refractivity contribution is 0.0915. The number of nitrogens with zero attached hydrogens (tertiary/aromatic N) is 4. The maximum absolute atomic E-state index is 14.5. The Labute approximate surface area is 177 Å². The minimum atomic E-state index is -0.730. The molecule has 2 aliphatic rings. The van der Waals surface area contributed by atoms with Gasteiger partial charge in [-0.3, -0.25) is 3.97 Å². The van der Waals surface area contributed by atoms with Crippen molar-refractivity contribution >= 4 is 41.3 Å². The summed E-state index contributed by atoms with van der Waals surface area (Å²) in [5.41, 5.74) is 0.536. The Bertz CT molecular complexity index is 1140. The van der Waals surface area contributed by atoms with Crippen LogP contribution in [0.5, 0.6) is 0 Å². The molecule has 3 aromatic rings.